The fourth-order valence-corrected chi connectivity index (χ4v) is 3.00. The van der Waals surface area contributed by atoms with Gasteiger partial charge in [-0.2, -0.15) is 0 Å². The first-order chi connectivity index (χ1) is 10.3. The maximum Gasteiger partial charge on any atom is 0.0135 e. The van der Waals surface area contributed by atoms with Gasteiger partial charge in [-0.1, -0.05) is 103 Å². The molecule has 0 aliphatic rings. The molecule has 0 bridgehead atoms. The van der Waals surface area contributed by atoms with Gasteiger partial charge in [-0.05, 0) is 18.2 Å². The van der Waals surface area contributed by atoms with Crippen LogP contribution in [0.3, 0.4) is 0 Å². The van der Waals surface area contributed by atoms with E-state index in [1.165, 1.54) is 103 Å². The summed E-state index contributed by atoms with van der Waals surface area (Å²) in [4.78, 5) is 0. The summed E-state index contributed by atoms with van der Waals surface area (Å²) < 4.78 is 1.77. The van der Waals surface area contributed by atoms with Gasteiger partial charge in [-0.3, -0.25) is 0 Å². The molecule has 2 heteroatoms. The highest BCUT2D eigenvalue weighted by Gasteiger charge is 1.95. The van der Waals surface area contributed by atoms with E-state index in [1.807, 2.05) is 7.05 Å². The molecular weight excluding hydrogens is 278 g/mol. The minimum Gasteiger partial charge on any atom is -0.223 e. The predicted octanol–water partition coefficient (Wildman–Crippen LogP) is 7.33. The Hall–Kier alpha value is 0.250. The lowest BCUT2D eigenvalue weighted by atomic mass is 10.0. The number of halogens is 1. The Morgan fingerprint density at radius 3 is 1.10 bits per heavy atom. The van der Waals surface area contributed by atoms with E-state index in [0.717, 1.165) is 6.54 Å². The smallest absolute Gasteiger partial charge is 0.0135 e. The van der Waals surface area contributed by atoms with Crippen molar-refractivity contribution in [1.29, 1.82) is 0 Å². The monoisotopic (exact) mass is 317 g/mol. The van der Waals surface area contributed by atoms with Crippen molar-refractivity contribution in [1.82, 2.24) is 4.42 Å². The Morgan fingerprint density at radius 2 is 0.810 bits per heavy atom. The molecule has 0 aromatic rings. The quantitative estimate of drug-likeness (QED) is 0.200. The van der Waals surface area contributed by atoms with Crippen LogP contribution in [-0.4, -0.2) is 18.0 Å². The molecule has 0 aliphatic heterocycles. The van der Waals surface area contributed by atoms with Gasteiger partial charge in [0.25, 0.3) is 0 Å². The molecule has 0 saturated carbocycles. The van der Waals surface area contributed by atoms with Crippen molar-refractivity contribution in [3.8, 4) is 0 Å². The molecule has 0 radical (unpaired) electrons. The van der Waals surface area contributed by atoms with Crippen LogP contribution in [0.4, 0.5) is 0 Å². The molecule has 0 rings (SSSR count). The van der Waals surface area contributed by atoms with E-state index in [2.05, 4.69) is 6.92 Å². The highest BCUT2D eigenvalue weighted by Crippen LogP contribution is 2.13. The van der Waals surface area contributed by atoms with E-state index >= 15 is 0 Å². The van der Waals surface area contributed by atoms with Crippen LogP contribution in [0.2, 0.25) is 0 Å². The number of rotatable bonds is 17. The Morgan fingerprint density at radius 1 is 0.524 bits per heavy atom. The van der Waals surface area contributed by atoms with Gasteiger partial charge in [0.2, 0.25) is 0 Å². The minimum atomic E-state index is 1.03. The van der Waals surface area contributed by atoms with Crippen LogP contribution in [-0.2, 0) is 0 Å². The standard InChI is InChI=1S/C19H40ClN/c1-3-4-5-6-7-8-9-10-11-12-13-14-15-16-17-18-19-21(2)20/h3-19H2,1-2H3. The van der Waals surface area contributed by atoms with Gasteiger partial charge in [-0.25, -0.2) is 4.42 Å². The van der Waals surface area contributed by atoms with Gasteiger partial charge in [0.1, 0.15) is 0 Å². The average molecular weight is 318 g/mol. The molecule has 0 saturated heterocycles. The van der Waals surface area contributed by atoms with E-state index in [-0.39, 0.29) is 0 Å². The number of unbranched alkanes of at least 4 members (excludes halogenated alkanes) is 15. The van der Waals surface area contributed by atoms with Crippen LogP contribution in [0, 0.1) is 0 Å². The van der Waals surface area contributed by atoms with Gasteiger partial charge in [0, 0.05) is 13.6 Å². The van der Waals surface area contributed by atoms with Gasteiger partial charge < -0.3 is 0 Å². The zero-order valence-corrected chi connectivity index (χ0v) is 15.6. The molecule has 1 nitrogen and oxygen atoms in total. The Kier molecular flexibility index (Phi) is 18.5. The first-order valence-corrected chi connectivity index (χ1v) is 9.98. The largest absolute Gasteiger partial charge is 0.223 e. The average Bonchev–Trinajstić information content (AvgIpc) is 2.46. The second kappa shape index (κ2) is 18.3. The molecular formula is C19H40ClN. The maximum absolute atomic E-state index is 5.78. The van der Waals surface area contributed by atoms with Crippen molar-refractivity contribution in [2.75, 3.05) is 13.6 Å². The Labute approximate surface area is 139 Å². The SMILES string of the molecule is CCCCCCCCCCCCCCCCCCN(C)Cl. The summed E-state index contributed by atoms with van der Waals surface area (Å²) in [6, 6.07) is 0. The summed E-state index contributed by atoms with van der Waals surface area (Å²) in [6.07, 6.45) is 22.8. The second-order valence-corrected chi connectivity index (χ2v) is 7.21. The van der Waals surface area contributed by atoms with Crippen molar-refractivity contribution in [2.45, 2.75) is 110 Å². The third kappa shape index (κ3) is 20.2. The fourth-order valence-electron chi connectivity index (χ4n) is 2.88. The van der Waals surface area contributed by atoms with Crippen molar-refractivity contribution >= 4 is 11.8 Å². The van der Waals surface area contributed by atoms with Crippen LogP contribution in [0.5, 0.6) is 0 Å². The highest BCUT2D eigenvalue weighted by atomic mass is 35.5. The van der Waals surface area contributed by atoms with Crippen LogP contribution in [0.1, 0.15) is 110 Å². The van der Waals surface area contributed by atoms with E-state index in [0.29, 0.717) is 0 Å². The first kappa shape index (κ1) is 21.2. The van der Waals surface area contributed by atoms with Crippen LogP contribution >= 0.6 is 11.8 Å². The molecule has 0 fully saturated rings. The summed E-state index contributed by atoms with van der Waals surface area (Å²) >= 11 is 5.78. The lowest BCUT2D eigenvalue weighted by Crippen LogP contribution is -2.05. The lowest BCUT2D eigenvalue weighted by molar-refractivity contribution is 0.489. The molecule has 21 heavy (non-hydrogen) atoms. The molecule has 0 aliphatic carbocycles. The summed E-state index contributed by atoms with van der Waals surface area (Å²) in [5.41, 5.74) is 0. The molecule has 0 aromatic heterocycles. The van der Waals surface area contributed by atoms with Gasteiger partial charge in [0.15, 0.2) is 0 Å². The molecule has 0 aromatic carbocycles. The highest BCUT2D eigenvalue weighted by molar-refractivity contribution is 6.13. The fraction of sp³-hybridized carbons (Fsp3) is 1.00. The molecule has 0 atom stereocenters. The minimum absolute atomic E-state index is 1.03. The van der Waals surface area contributed by atoms with Crippen LogP contribution < -0.4 is 0 Å². The molecule has 0 spiro atoms. The van der Waals surface area contributed by atoms with E-state index in [9.17, 15) is 0 Å². The normalized spacial score (nSPS) is 11.4. The van der Waals surface area contributed by atoms with E-state index in [4.69, 9.17) is 11.8 Å². The van der Waals surface area contributed by atoms with Gasteiger partial charge >= 0.3 is 0 Å². The van der Waals surface area contributed by atoms with E-state index in [1.54, 1.807) is 4.42 Å². The third-order valence-corrected chi connectivity index (χ3v) is 4.49. The molecule has 0 amide bonds. The third-order valence-electron chi connectivity index (χ3n) is 4.32. The summed E-state index contributed by atoms with van der Waals surface area (Å²) in [5.74, 6) is 0. The van der Waals surface area contributed by atoms with Crippen LogP contribution in [0.25, 0.3) is 0 Å². The van der Waals surface area contributed by atoms with Crippen molar-refractivity contribution in [3.05, 3.63) is 0 Å². The Bertz CT molecular complexity index is 182. The second-order valence-electron chi connectivity index (χ2n) is 6.63. The van der Waals surface area contributed by atoms with Crippen LogP contribution in [0.15, 0.2) is 0 Å². The first-order valence-electron chi connectivity index (χ1n) is 9.64. The molecule has 0 unspecified atom stereocenters. The zero-order valence-electron chi connectivity index (χ0n) is 14.8. The number of hydrogen-bond acceptors (Lipinski definition) is 1. The summed E-state index contributed by atoms with van der Waals surface area (Å²) in [5, 5.41) is 0. The zero-order chi connectivity index (χ0) is 15.6. The summed E-state index contributed by atoms with van der Waals surface area (Å²) in [6.45, 7) is 3.32. The lowest BCUT2D eigenvalue weighted by Gasteiger charge is -2.06. The predicted molar refractivity (Wildman–Crippen MR) is 98.0 cm³/mol. The maximum atomic E-state index is 5.78. The number of hydrogen-bond donors (Lipinski definition) is 0. The van der Waals surface area contributed by atoms with E-state index < -0.39 is 0 Å². The number of nitrogens with zero attached hydrogens (tertiary/aromatic N) is 1. The van der Waals surface area contributed by atoms with Gasteiger partial charge in [-0.15, -0.1) is 0 Å². The van der Waals surface area contributed by atoms with Crippen molar-refractivity contribution in [2.24, 2.45) is 0 Å². The topological polar surface area (TPSA) is 3.24 Å². The molecule has 0 N–H and O–H groups in total. The Balaban J connectivity index is 2.93. The van der Waals surface area contributed by atoms with Crippen molar-refractivity contribution < 1.29 is 0 Å². The molecule has 128 valence electrons. The molecule has 0 heterocycles. The summed E-state index contributed by atoms with van der Waals surface area (Å²) in [7, 11) is 1.94. The van der Waals surface area contributed by atoms with Crippen molar-refractivity contribution in [3.63, 3.8) is 0 Å². The van der Waals surface area contributed by atoms with Gasteiger partial charge in [0.05, 0.1) is 0 Å².